The zero-order valence-electron chi connectivity index (χ0n) is 2.87. The maximum absolute atomic E-state index is 4.22. The number of halogens is 1. The minimum absolute atomic E-state index is 0. The lowest BCUT2D eigenvalue weighted by Gasteiger charge is -1.45. The van der Waals surface area contributed by atoms with Gasteiger partial charge in [-0.2, -0.15) is 0 Å². The van der Waals surface area contributed by atoms with Crippen molar-refractivity contribution >= 4 is 0 Å². The summed E-state index contributed by atoms with van der Waals surface area (Å²) in [6.07, 6.45) is 2.88. The molecule has 0 N–H and O–H groups in total. The molecule has 0 aliphatic rings. The van der Waals surface area contributed by atoms with Crippen molar-refractivity contribution < 1.29 is 9.23 Å². The van der Waals surface area contributed by atoms with E-state index in [1.165, 1.54) is 12.5 Å². The van der Waals surface area contributed by atoms with Crippen molar-refractivity contribution in [1.82, 2.24) is 10.4 Å². The van der Waals surface area contributed by atoms with Crippen molar-refractivity contribution in [3.8, 4) is 0 Å². The fourth-order valence-electron chi connectivity index (χ4n) is 0.136. The largest absolute Gasteiger partial charge is 0.346 e. The molecule has 1 aromatic rings. The molecular weight excluding hydrogens is 87.0 g/mol. The first-order valence-electron chi connectivity index (χ1n) is 1.21. The molecule has 0 saturated heterocycles. The third-order valence-electron chi connectivity index (χ3n) is 0.283. The van der Waals surface area contributed by atoms with E-state index in [1.807, 2.05) is 0 Å². The molecular formula is C2H3FN2O. The number of nitrogens with zero attached hydrogens (tertiary/aromatic N) is 2. The summed E-state index contributed by atoms with van der Waals surface area (Å²) in [7, 11) is 0. The van der Waals surface area contributed by atoms with Crippen LogP contribution in [0.25, 0.3) is 0 Å². The molecule has 0 aliphatic heterocycles. The highest BCUT2D eigenvalue weighted by Crippen LogP contribution is 1.64. The standard InChI is InChI=1S/C2H2N2O.FH/c1-2-5-4-3-1;/h1-2H;1H. The molecule has 0 aliphatic carbocycles. The highest BCUT2D eigenvalue weighted by atomic mass is 19.0. The summed E-state index contributed by atoms with van der Waals surface area (Å²) in [5, 5.41) is 6.40. The fourth-order valence-corrected chi connectivity index (χ4v) is 0.136. The Morgan fingerprint density at radius 2 is 2.33 bits per heavy atom. The van der Waals surface area contributed by atoms with E-state index in [-0.39, 0.29) is 4.70 Å². The summed E-state index contributed by atoms with van der Waals surface area (Å²) in [5.41, 5.74) is 0. The molecule has 4 heteroatoms. The molecule has 0 atom stereocenters. The van der Waals surface area contributed by atoms with E-state index in [2.05, 4.69) is 14.9 Å². The van der Waals surface area contributed by atoms with Crippen LogP contribution < -0.4 is 0 Å². The molecule has 0 spiro atoms. The van der Waals surface area contributed by atoms with Gasteiger partial charge in [-0.05, 0) is 0 Å². The zero-order chi connectivity index (χ0) is 3.54. The van der Waals surface area contributed by atoms with E-state index in [0.717, 1.165) is 0 Å². The lowest BCUT2D eigenvalue weighted by Crippen LogP contribution is -1.53. The second-order valence-corrected chi connectivity index (χ2v) is 0.588. The Labute approximate surface area is 33.3 Å². The lowest BCUT2D eigenvalue weighted by molar-refractivity contribution is 0.393. The third-order valence-corrected chi connectivity index (χ3v) is 0.283. The van der Waals surface area contributed by atoms with Crippen LogP contribution >= 0.6 is 0 Å². The fraction of sp³-hybridized carbons (Fsp3) is 0. The summed E-state index contributed by atoms with van der Waals surface area (Å²) in [5.74, 6) is 0. The maximum Gasteiger partial charge on any atom is 0.144 e. The van der Waals surface area contributed by atoms with E-state index in [1.54, 1.807) is 0 Å². The van der Waals surface area contributed by atoms with Gasteiger partial charge in [0.25, 0.3) is 0 Å². The quantitative estimate of drug-likeness (QED) is 0.457. The smallest absolute Gasteiger partial charge is 0.144 e. The second kappa shape index (κ2) is 2.32. The van der Waals surface area contributed by atoms with Gasteiger partial charge in [0.1, 0.15) is 6.26 Å². The van der Waals surface area contributed by atoms with Gasteiger partial charge in [0.15, 0.2) is 0 Å². The Hall–Kier alpha value is -0.930. The van der Waals surface area contributed by atoms with Crippen molar-refractivity contribution in [2.45, 2.75) is 0 Å². The summed E-state index contributed by atoms with van der Waals surface area (Å²) in [6, 6.07) is 0. The lowest BCUT2D eigenvalue weighted by atomic mass is 11.0. The summed E-state index contributed by atoms with van der Waals surface area (Å²) in [4.78, 5) is 0. The predicted octanol–water partition coefficient (Wildman–Crippen LogP) is 0.222. The topological polar surface area (TPSA) is 38.9 Å². The molecule has 0 aromatic carbocycles. The van der Waals surface area contributed by atoms with Gasteiger partial charge in [0, 0.05) is 5.27 Å². The number of hydrogen-bond acceptors (Lipinski definition) is 3. The second-order valence-electron chi connectivity index (χ2n) is 0.588. The van der Waals surface area contributed by atoms with Gasteiger partial charge < -0.3 is 4.52 Å². The van der Waals surface area contributed by atoms with E-state index in [0.29, 0.717) is 0 Å². The highest BCUT2D eigenvalue weighted by Gasteiger charge is 1.61. The minimum atomic E-state index is 0. The molecule has 0 amide bonds. The first kappa shape index (κ1) is 5.07. The molecule has 1 rings (SSSR count). The number of aromatic nitrogens is 2. The van der Waals surface area contributed by atoms with Crippen LogP contribution in [-0.4, -0.2) is 10.4 Å². The summed E-state index contributed by atoms with van der Waals surface area (Å²) >= 11 is 0. The molecule has 3 nitrogen and oxygen atoms in total. The van der Waals surface area contributed by atoms with E-state index in [4.69, 9.17) is 0 Å². The monoisotopic (exact) mass is 90.0 g/mol. The SMILES string of the molecule is F.c1conn1. The van der Waals surface area contributed by atoms with Gasteiger partial charge in [0.2, 0.25) is 0 Å². The van der Waals surface area contributed by atoms with Crippen LogP contribution in [0.1, 0.15) is 0 Å². The summed E-state index contributed by atoms with van der Waals surface area (Å²) in [6.45, 7) is 0. The van der Waals surface area contributed by atoms with Crippen LogP contribution in [0.4, 0.5) is 4.70 Å². The van der Waals surface area contributed by atoms with Gasteiger partial charge in [-0.15, -0.1) is 5.10 Å². The Morgan fingerprint density at radius 1 is 1.50 bits per heavy atom. The van der Waals surface area contributed by atoms with Crippen molar-refractivity contribution in [3.05, 3.63) is 12.5 Å². The molecule has 6 heavy (non-hydrogen) atoms. The Kier molecular flexibility index (Phi) is 1.96. The molecule has 1 heterocycles. The van der Waals surface area contributed by atoms with Gasteiger partial charge in [-0.3, -0.25) is 4.70 Å². The van der Waals surface area contributed by atoms with Gasteiger partial charge in [-0.25, -0.2) is 0 Å². The van der Waals surface area contributed by atoms with Gasteiger partial charge >= 0.3 is 0 Å². The van der Waals surface area contributed by atoms with Crippen LogP contribution in [0.5, 0.6) is 0 Å². The van der Waals surface area contributed by atoms with Crippen molar-refractivity contribution in [2.75, 3.05) is 0 Å². The van der Waals surface area contributed by atoms with Crippen LogP contribution in [-0.2, 0) is 0 Å². The van der Waals surface area contributed by atoms with Gasteiger partial charge in [-0.1, -0.05) is 0 Å². The Bertz CT molecular complexity index is 68.0. The summed E-state index contributed by atoms with van der Waals surface area (Å²) < 4.78 is 4.22. The van der Waals surface area contributed by atoms with Crippen LogP contribution in [0.2, 0.25) is 0 Å². The molecule has 0 bridgehead atoms. The number of rotatable bonds is 0. The molecule has 0 unspecified atom stereocenters. The van der Waals surface area contributed by atoms with Crippen molar-refractivity contribution in [3.63, 3.8) is 0 Å². The van der Waals surface area contributed by atoms with Crippen LogP contribution in [0.3, 0.4) is 0 Å². The normalized spacial score (nSPS) is 6.67. The van der Waals surface area contributed by atoms with Gasteiger partial charge in [0.05, 0.1) is 6.20 Å². The average Bonchev–Trinajstić information content (AvgIpc) is 1.76. The van der Waals surface area contributed by atoms with E-state index < -0.39 is 0 Å². The Balaban J connectivity index is 0.000000250. The third kappa shape index (κ3) is 0.794. The maximum atomic E-state index is 4.22. The number of hydrogen-bond donors (Lipinski definition) is 0. The molecule has 0 saturated carbocycles. The van der Waals surface area contributed by atoms with E-state index in [9.17, 15) is 0 Å². The average molecular weight is 90.1 g/mol. The van der Waals surface area contributed by atoms with Crippen molar-refractivity contribution in [1.29, 1.82) is 0 Å². The first-order valence-corrected chi connectivity index (χ1v) is 1.21. The Morgan fingerprint density at radius 3 is 2.50 bits per heavy atom. The molecule has 34 valence electrons. The van der Waals surface area contributed by atoms with Crippen LogP contribution in [0, 0.1) is 0 Å². The molecule has 0 fully saturated rings. The first-order chi connectivity index (χ1) is 2.50. The molecule has 0 radical (unpaired) electrons. The predicted molar refractivity (Wildman–Crippen MR) is 16.8 cm³/mol. The van der Waals surface area contributed by atoms with E-state index >= 15 is 0 Å². The zero-order valence-corrected chi connectivity index (χ0v) is 2.87. The highest BCUT2D eigenvalue weighted by molar-refractivity contribution is 4.48. The van der Waals surface area contributed by atoms with Crippen LogP contribution in [0.15, 0.2) is 17.0 Å². The van der Waals surface area contributed by atoms with Crippen molar-refractivity contribution in [2.24, 2.45) is 0 Å². The molecule has 1 aromatic heterocycles. The minimum Gasteiger partial charge on any atom is -0.346 e.